The van der Waals surface area contributed by atoms with E-state index in [2.05, 4.69) is 0 Å². The zero-order valence-electron chi connectivity index (χ0n) is 9.85. The molecule has 0 aliphatic carbocycles. The number of methoxy groups -OCH3 is 1. The summed E-state index contributed by atoms with van der Waals surface area (Å²) in [6.07, 6.45) is -2.06. The number of aliphatic hydroxyl groups excluding tert-OH is 2. The number of hydrogen-bond acceptors (Lipinski definition) is 5. The number of hydrogen-bond donors (Lipinski definition) is 2. The van der Waals surface area contributed by atoms with Crippen molar-refractivity contribution in [1.82, 2.24) is 4.31 Å². The number of aliphatic hydroxyl groups is 2. The average Bonchev–Trinajstić information content (AvgIpc) is 2.70. The van der Waals surface area contributed by atoms with Gasteiger partial charge in [-0.05, 0) is 24.3 Å². The number of β-amino-alcohol motifs (C(OH)–C–C–N with tert-alkyl or cyclic N) is 2. The highest BCUT2D eigenvalue weighted by Gasteiger charge is 2.37. The summed E-state index contributed by atoms with van der Waals surface area (Å²) in [6.45, 7) is -0.176. The largest absolute Gasteiger partial charge is 0.497 e. The highest BCUT2D eigenvalue weighted by molar-refractivity contribution is 7.89. The molecule has 1 aliphatic rings. The molecule has 0 radical (unpaired) electrons. The van der Waals surface area contributed by atoms with Gasteiger partial charge in [0, 0.05) is 13.1 Å². The molecule has 2 atom stereocenters. The molecule has 0 aromatic heterocycles. The molecule has 1 fully saturated rings. The molecule has 2 N–H and O–H groups in total. The van der Waals surface area contributed by atoms with Crippen molar-refractivity contribution in [1.29, 1.82) is 0 Å². The Morgan fingerprint density at radius 3 is 2.11 bits per heavy atom. The van der Waals surface area contributed by atoms with E-state index in [9.17, 15) is 18.6 Å². The SMILES string of the molecule is COc1ccc(S(=O)(=O)N2CC(O)C(O)C2)cc1. The Kier molecular flexibility index (Phi) is 3.58. The summed E-state index contributed by atoms with van der Waals surface area (Å²) in [6, 6.07) is 5.97. The third-order valence-corrected chi connectivity index (χ3v) is 4.77. The second kappa shape index (κ2) is 4.85. The van der Waals surface area contributed by atoms with Crippen LogP contribution >= 0.6 is 0 Å². The van der Waals surface area contributed by atoms with Crippen molar-refractivity contribution in [2.75, 3.05) is 20.2 Å². The van der Waals surface area contributed by atoms with Gasteiger partial charge in [-0.3, -0.25) is 0 Å². The Labute approximate surface area is 105 Å². The molecule has 7 heteroatoms. The lowest BCUT2D eigenvalue weighted by Crippen LogP contribution is -2.29. The molecule has 0 amide bonds. The molecule has 0 spiro atoms. The second-order valence-corrected chi connectivity index (χ2v) is 6.07. The van der Waals surface area contributed by atoms with E-state index in [1.54, 1.807) is 12.1 Å². The predicted molar refractivity (Wildman–Crippen MR) is 63.8 cm³/mol. The third kappa shape index (κ3) is 2.35. The van der Waals surface area contributed by atoms with Gasteiger partial charge in [-0.25, -0.2) is 8.42 Å². The van der Waals surface area contributed by atoms with Gasteiger partial charge >= 0.3 is 0 Å². The predicted octanol–water partition coefficient (Wildman–Crippen LogP) is -0.579. The molecule has 2 unspecified atom stereocenters. The van der Waals surface area contributed by atoms with Gasteiger partial charge in [0.15, 0.2) is 0 Å². The molecule has 18 heavy (non-hydrogen) atoms. The van der Waals surface area contributed by atoms with Crippen LogP contribution in [0, 0.1) is 0 Å². The van der Waals surface area contributed by atoms with Crippen LogP contribution in [-0.2, 0) is 10.0 Å². The van der Waals surface area contributed by atoms with Gasteiger partial charge in [0.1, 0.15) is 5.75 Å². The van der Waals surface area contributed by atoms with Gasteiger partial charge in [0.05, 0.1) is 24.2 Å². The quantitative estimate of drug-likeness (QED) is 0.769. The highest BCUT2D eigenvalue weighted by atomic mass is 32.2. The zero-order chi connectivity index (χ0) is 13.3. The first-order chi connectivity index (χ1) is 8.45. The first-order valence-corrected chi connectivity index (χ1v) is 6.89. The van der Waals surface area contributed by atoms with Gasteiger partial charge in [-0.15, -0.1) is 0 Å². The van der Waals surface area contributed by atoms with Crippen molar-refractivity contribution in [2.45, 2.75) is 17.1 Å². The summed E-state index contributed by atoms with van der Waals surface area (Å²) >= 11 is 0. The molecule has 0 saturated carbocycles. The third-order valence-electron chi connectivity index (χ3n) is 2.92. The fourth-order valence-corrected chi connectivity index (χ4v) is 3.30. The van der Waals surface area contributed by atoms with E-state index >= 15 is 0 Å². The summed E-state index contributed by atoms with van der Waals surface area (Å²) in [4.78, 5) is 0.115. The Hall–Kier alpha value is -1.15. The van der Waals surface area contributed by atoms with Crippen molar-refractivity contribution < 1.29 is 23.4 Å². The van der Waals surface area contributed by atoms with Gasteiger partial charge < -0.3 is 14.9 Å². The van der Waals surface area contributed by atoms with Crippen LogP contribution in [0.15, 0.2) is 29.2 Å². The molecule has 1 aromatic rings. The summed E-state index contributed by atoms with van der Waals surface area (Å²) < 4.78 is 30.4. The van der Waals surface area contributed by atoms with Crippen molar-refractivity contribution >= 4 is 10.0 Å². The Bertz CT molecular complexity index is 503. The molecule has 1 aromatic carbocycles. The number of ether oxygens (including phenoxy) is 1. The maximum Gasteiger partial charge on any atom is 0.243 e. The van der Waals surface area contributed by atoms with Crippen LogP contribution in [0.3, 0.4) is 0 Å². The smallest absolute Gasteiger partial charge is 0.243 e. The lowest BCUT2D eigenvalue weighted by molar-refractivity contribution is 0.0572. The maximum atomic E-state index is 12.2. The summed E-state index contributed by atoms with van der Waals surface area (Å²) in [7, 11) is -2.18. The van der Waals surface area contributed by atoms with Crippen LogP contribution in [0.2, 0.25) is 0 Å². The zero-order valence-corrected chi connectivity index (χ0v) is 10.7. The monoisotopic (exact) mass is 273 g/mol. The van der Waals surface area contributed by atoms with Crippen LogP contribution in [-0.4, -0.2) is 55.3 Å². The van der Waals surface area contributed by atoms with E-state index < -0.39 is 22.2 Å². The van der Waals surface area contributed by atoms with Crippen molar-refractivity contribution in [3.63, 3.8) is 0 Å². The topological polar surface area (TPSA) is 87.1 Å². The fourth-order valence-electron chi connectivity index (χ4n) is 1.83. The molecule has 1 heterocycles. The molecule has 2 rings (SSSR count). The van der Waals surface area contributed by atoms with Gasteiger partial charge in [0.2, 0.25) is 10.0 Å². The minimum atomic E-state index is -3.67. The lowest BCUT2D eigenvalue weighted by atomic mass is 10.3. The number of sulfonamides is 1. The summed E-state index contributed by atoms with van der Waals surface area (Å²) in [5.41, 5.74) is 0. The Balaban J connectivity index is 2.25. The fraction of sp³-hybridized carbons (Fsp3) is 0.455. The maximum absolute atomic E-state index is 12.2. The van der Waals surface area contributed by atoms with Gasteiger partial charge in [-0.1, -0.05) is 0 Å². The minimum absolute atomic E-state index is 0.0878. The molecule has 1 saturated heterocycles. The summed E-state index contributed by atoms with van der Waals surface area (Å²) in [5, 5.41) is 18.8. The van der Waals surface area contributed by atoms with Crippen molar-refractivity contribution in [2.24, 2.45) is 0 Å². The first kappa shape index (κ1) is 13.3. The van der Waals surface area contributed by atoms with Gasteiger partial charge in [0.25, 0.3) is 0 Å². The van der Waals surface area contributed by atoms with Crippen LogP contribution in [0.4, 0.5) is 0 Å². The van der Waals surface area contributed by atoms with Crippen LogP contribution < -0.4 is 4.74 Å². The number of rotatable bonds is 3. The van der Waals surface area contributed by atoms with Crippen LogP contribution in [0.1, 0.15) is 0 Å². The van der Waals surface area contributed by atoms with Crippen LogP contribution in [0.25, 0.3) is 0 Å². The highest BCUT2D eigenvalue weighted by Crippen LogP contribution is 2.23. The molecule has 1 aliphatic heterocycles. The van der Waals surface area contributed by atoms with Crippen molar-refractivity contribution in [3.8, 4) is 5.75 Å². The standard InChI is InChI=1S/C11H15NO5S/c1-17-8-2-4-9(5-3-8)18(15,16)12-6-10(13)11(14)7-12/h2-5,10-11,13-14H,6-7H2,1H3. The average molecular weight is 273 g/mol. The van der Waals surface area contributed by atoms with Gasteiger partial charge in [-0.2, -0.15) is 4.31 Å². The lowest BCUT2D eigenvalue weighted by Gasteiger charge is -2.15. The molecule has 0 bridgehead atoms. The van der Waals surface area contributed by atoms with E-state index in [1.807, 2.05) is 0 Å². The molecule has 6 nitrogen and oxygen atoms in total. The van der Waals surface area contributed by atoms with E-state index in [-0.39, 0.29) is 18.0 Å². The molecule has 100 valence electrons. The Morgan fingerprint density at radius 2 is 1.67 bits per heavy atom. The Morgan fingerprint density at radius 1 is 1.17 bits per heavy atom. The van der Waals surface area contributed by atoms with E-state index in [0.717, 1.165) is 4.31 Å². The number of nitrogens with zero attached hydrogens (tertiary/aromatic N) is 1. The van der Waals surface area contributed by atoms with E-state index in [4.69, 9.17) is 4.74 Å². The number of benzene rings is 1. The van der Waals surface area contributed by atoms with Crippen molar-refractivity contribution in [3.05, 3.63) is 24.3 Å². The van der Waals surface area contributed by atoms with Crippen LogP contribution in [0.5, 0.6) is 5.75 Å². The first-order valence-electron chi connectivity index (χ1n) is 5.45. The summed E-state index contributed by atoms with van der Waals surface area (Å²) in [5.74, 6) is 0.565. The van der Waals surface area contributed by atoms with E-state index in [0.29, 0.717) is 5.75 Å². The molecular weight excluding hydrogens is 258 g/mol. The normalized spacial score (nSPS) is 25.3. The van der Waals surface area contributed by atoms with E-state index in [1.165, 1.54) is 19.2 Å². The minimum Gasteiger partial charge on any atom is -0.497 e. The molecular formula is C11H15NO5S. The second-order valence-electron chi connectivity index (χ2n) is 4.13.